The summed E-state index contributed by atoms with van der Waals surface area (Å²) in [5.41, 5.74) is 4.37. The lowest BCUT2D eigenvalue weighted by atomic mass is 9.35. The zero-order chi connectivity index (χ0) is 22.6. The lowest BCUT2D eigenvalue weighted by Gasteiger charge is -2.69. The van der Waals surface area contributed by atoms with Gasteiger partial charge in [0.2, 0.25) is 5.78 Å². The lowest BCUT2D eigenvalue weighted by Crippen LogP contribution is -2.61. The lowest BCUT2D eigenvalue weighted by molar-refractivity contribution is -0.161. The minimum atomic E-state index is -0.263. The third kappa shape index (κ3) is 2.41. The van der Waals surface area contributed by atoms with E-state index < -0.39 is 0 Å². The van der Waals surface area contributed by atoms with Crippen molar-refractivity contribution in [3.05, 3.63) is 46.3 Å². The molecule has 5 aliphatic rings. The maximum Gasteiger partial charge on any atom is 0.220 e. The van der Waals surface area contributed by atoms with E-state index >= 15 is 0 Å². The fourth-order valence-electron chi connectivity index (χ4n) is 8.39. The van der Waals surface area contributed by atoms with Crippen molar-refractivity contribution in [2.75, 3.05) is 0 Å². The first kappa shape index (κ1) is 21.0. The van der Waals surface area contributed by atoms with Crippen LogP contribution in [0.1, 0.15) is 80.1 Å². The number of Topliss-reactive ketones (excluding diaryl/α,β-unsaturated/α-hetero) is 1. The SMILES string of the molecule is CC1=C(O)C(=O)C=C2C1=CC=C1[C@@]2(C)CCC2(C)[C@@H]3C[C@@H](C)C(=O)C[C@]3(C)CC[C@]12C. The van der Waals surface area contributed by atoms with Crippen molar-refractivity contribution in [1.29, 1.82) is 0 Å². The molecule has 1 N–H and O–H groups in total. The molecule has 0 aliphatic heterocycles. The van der Waals surface area contributed by atoms with Crippen molar-refractivity contribution in [3.63, 3.8) is 0 Å². The van der Waals surface area contributed by atoms with Crippen molar-refractivity contribution >= 4 is 11.6 Å². The maximum atomic E-state index is 12.6. The van der Waals surface area contributed by atoms with Crippen molar-refractivity contribution in [3.8, 4) is 0 Å². The highest BCUT2D eigenvalue weighted by atomic mass is 16.3. The highest BCUT2D eigenvalue weighted by Gasteiger charge is 2.66. The second-order valence-electron chi connectivity index (χ2n) is 12.1. The van der Waals surface area contributed by atoms with Crippen molar-refractivity contribution in [1.82, 2.24) is 0 Å². The number of carbonyl (C=O) groups excluding carboxylic acids is 2. The van der Waals surface area contributed by atoms with Crippen molar-refractivity contribution in [2.45, 2.75) is 80.1 Å². The molecule has 0 saturated heterocycles. The summed E-state index contributed by atoms with van der Waals surface area (Å²) in [6, 6.07) is 0. The normalized spacial score (nSPS) is 46.8. The van der Waals surface area contributed by atoms with E-state index in [1.54, 1.807) is 6.08 Å². The fourth-order valence-corrected chi connectivity index (χ4v) is 8.39. The third-order valence-corrected chi connectivity index (χ3v) is 10.7. The van der Waals surface area contributed by atoms with Crippen LogP contribution in [0.2, 0.25) is 0 Å². The number of hydrogen-bond acceptors (Lipinski definition) is 3. The molecule has 0 heterocycles. The standard InChI is InChI=1S/C28H36O3/c1-16-13-23-25(3,15-21(16)30)9-11-27(5)22-8-7-18-17(2)24(31)20(29)14-19(18)26(22,4)10-12-28(23,27)6/h7-8,14,16,23,31H,9-13,15H2,1-6H3/t16-,23-,25+,26+,27-,28?/m1/s1. The van der Waals surface area contributed by atoms with Crippen LogP contribution in [0.5, 0.6) is 0 Å². The summed E-state index contributed by atoms with van der Waals surface area (Å²) in [5.74, 6) is 0.767. The van der Waals surface area contributed by atoms with E-state index in [1.165, 1.54) is 5.57 Å². The molecule has 166 valence electrons. The Balaban J connectivity index is 1.65. The predicted octanol–water partition coefficient (Wildman–Crippen LogP) is 6.42. The van der Waals surface area contributed by atoms with Gasteiger partial charge in [0.1, 0.15) is 5.78 Å². The Morgan fingerprint density at radius 1 is 1.00 bits per heavy atom. The number of allylic oxidation sites excluding steroid dienone is 7. The van der Waals surface area contributed by atoms with Gasteiger partial charge in [-0.15, -0.1) is 0 Å². The highest BCUT2D eigenvalue weighted by molar-refractivity contribution is 6.06. The van der Waals surface area contributed by atoms with Crippen LogP contribution in [0.4, 0.5) is 0 Å². The van der Waals surface area contributed by atoms with E-state index in [2.05, 4.69) is 46.8 Å². The molecule has 6 atom stereocenters. The molecule has 1 unspecified atom stereocenters. The Morgan fingerprint density at radius 3 is 2.42 bits per heavy atom. The molecule has 0 bridgehead atoms. The van der Waals surface area contributed by atoms with Crippen molar-refractivity contribution < 1.29 is 14.7 Å². The van der Waals surface area contributed by atoms with E-state index in [-0.39, 0.29) is 39.1 Å². The van der Waals surface area contributed by atoms with Crippen LogP contribution in [-0.2, 0) is 9.59 Å². The Labute approximate surface area is 186 Å². The molecule has 3 heteroatoms. The van der Waals surface area contributed by atoms with Crippen LogP contribution in [0, 0.1) is 33.5 Å². The molecule has 3 fully saturated rings. The van der Waals surface area contributed by atoms with E-state index in [9.17, 15) is 14.7 Å². The van der Waals surface area contributed by atoms with Crippen LogP contribution in [0.3, 0.4) is 0 Å². The molecular formula is C28H36O3. The Morgan fingerprint density at radius 2 is 1.71 bits per heavy atom. The van der Waals surface area contributed by atoms with Gasteiger partial charge in [-0.25, -0.2) is 0 Å². The summed E-state index contributed by atoms with van der Waals surface area (Å²) in [4.78, 5) is 25.2. The van der Waals surface area contributed by atoms with E-state index in [0.29, 0.717) is 17.3 Å². The molecule has 0 spiro atoms. The van der Waals surface area contributed by atoms with Gasteiger partial charge in [-0.1, -0.05) is 52.3 Å². The van der Waals surface area contributed by atoms with Crippen LogP contribution >= 0.6 is 0 Å². The first-order valence-corrected chi connectivity index (χ1v) is 12.0. The van der Waals surface area contributed by atoms with Gasteiger partial charge in [0.15, 0.2) is 5.76 Å². The van der Waals surface area contributed by atoms with Gasteiger partial charge in [0.25, 0.3) is 0 Å². The monoisotopic (exact) mass is 420 g/mol. The third-order valence-electron chi connectivity index (χ3n) is 10.7. The molecule has 0 aromatic rings. The van der Waals surface area contributed by atoms with Crippen LogP contribution in [-0.4, -0.2) is 16.7 Å². The largest absolute Gasteiger partial charge is 0.504 e. The summed E-state index contributed by atoms with van der Waals surface area (Å²) >= 11 is 0. The summed E-state index contributed by atoms with van der Waals surface area (Å²) in [6.45, 7) is 13.6. The smallest absolute Gasteiger partial charge is 0.220 e. The zero-order valence-corrected chi connectivity index (χ0v) is 19.9. The van der Waals surface area contributed by atoms with Gasteiger partial charge in [0.05, 0.1) is 0 Å². The van der Waals surface area contributed by atoms with Crippen LogP contribution in [0.15, 0.2) is 46.3 Å². The number of hydrogen-bond donors (Lipinski definition) is 1. The second kappa shape index (κ2) is 6.11. The average Bonchev–Trinajstić information content (AvgIpc) is 2.71. The molecular weight excluding hydrogens is 384 g/mol. The summed E-state index contributed by atoms with van der Waals surface area (Å²) < 4.78 is 0. The van der Waals surface area contributed by atoms with Gasteiger partial charge in [0, 0.05) is 23.3 Å². The topological polar surface area (TPSA) is 54.4 Å². The molecule has 5 rings (SSSR count). The predicted molar refractivity (Wildman–Crippen MR) is 122 cm³/mol. The summed E-state index contributed by atoms with van der Waals surface area (Å²) in [7, 11) is 0. The number of rotatable bonds is 0. The second-order valence-corrected chi connectivity index (χ2v) is 12.1. The molecule has 0 amide bonds. The molecule has 3 nitrogen and oxygen atoms in total. The average molecular weight is 421 g/mol. The summed E-state index contributed by atoms with van der Waals surface area (Å²) in [5, 5.41) is 10.2. The number of aliphatic hydroxyl groups is 1. The summed E-state index contributed by atoms with van der Waals surface area (Å²) in [6.07, 6.45) is 12.2. The molecule has 5 aliphatic carbocycles. The quantitative estimate of drug-likeness (QED) is 0.492. The van der Waals surface area contributed by atoms with E-state index in [1.807, 2.05) is 6.92 Å². The minimum absolute atomic E-state index is 0.0350. The Bertz CT molecular complexity index is 1040. The fraction of sp³-hybridized carbons (Fsp3) is 0.643. The highest BCUT2D eigenvalue weighted by Crippen LogP contribution is 2.74. The van der Waals surface area contributed by atoms with Crippen LogP contribution < -0.4 is 0 Å². The molecule has 0 radical (unpaired) electrons. The maximum absolute atomic E-state index is 12.6. The first-order valence-electron chi connectivity index (χ1n) is 12.0. The van der Waals surface area contributed by atoms with Crippen molar-refractivity contribution in [2.24, 2.45) is 33.5 Å². The molecule has 0 aromatic carbocycles. The number of fused-ring (bicyclic) bond motifs is 7. The van der Waals surface area contributed by atoms with E-state index in [0.717, 1.165) is 49.7 Å². The number of carbonyl (C=O) groups is 2. The zero-order valence-electron chi connectivity index (χ0n) is 19.9. The van der Waals surface area contributed by atoms with E-state index in [4.69, 9.17) is 0 Å². The van der Waals surface area contributed by atoms with Gasteiger partial charge in [-0.05, 0) is 78.4 Å². The van der Waals surface area contributed by atoms with Gasteiger partial charge >= 0.3 is 0 Å². The van der Waals surface area contributed by atoms with Crippen LogP contribution in [0.25, 0.3) is 0 Å². The van der Waals surface area contributed by atoms with Gasteiger partial charge in [-0.2, -0.15) is 0 Å². The molecule has 31 heavy (non-hydrogen) atoms. The Hall–Kier alpha value is -1.90. The number of ketones is 2. The van der Waals surface area contributed by atoms with Gasteiger partial charge < -0.3 is 5.11 Å². The number of aliphatic hydroxyl groups excluding tert-OH is 1. The molecule has 0 aromatic heterocycles. The Kier molecular flexibility index (Phi) is 4.14. The van der Waals surface area contributed by atoms with Gasteiger partial charge in [-0.3, -0.25) is 9.59 Å². The first-order chi connectivity index (χ1) is 14.4. The molecule has 3 saturated carbocycles. The minimum Gasteiger partial charge on any atom is -0.504 e.